The second-order valence-corrected chi connectivity index (χ2v) is 7.94. The lowest BCUT2D eigenvalue weighted by atomic mass is 10.1. The number of nitrogens with zero attached hydrogens (tertiary/aromatic N) is 2. The molecule has 1 fully saturated rings. The molecule has 1 aliphatic heterocycles. The first-order chi connectivity index (χ1) is 14.1. The predicted molar refractivity (Wildman–Crippen MR) is 120 cm³/mol. The number of rotatable bonds is 8. The molecule has 0 aromatic heterocycles. The predicted octanol–water partition coefficient (Wildman–Crippen LogP) is 2.02. The van der Waals surface area contributed by atoms with E-state index in [-0.39, 0.29) is 0 Å². The molecule has 2 aromatic carbocycles. The summed E-state index contributed by atoms with van der Waals surface area (Å²) in [4.78, 5) is 6.85. The molecule has 0 saturated carbocycles. The largest absolute Gasteiger partial charge is 0.387 e. The Morgan fingerprint density at radius 2 is 1.90 bits per heavy atom. The van der Waals surface area contributed by atoms with E-state index in [2.05, 4.69) is 63.0 Å². The standard InChI is InChI=1S/C23H34N4O2/c1-3-24-22(26-17-23(2,28)18-27-12-14-29-15-13-27)25-11-10-19-8-9-20-6-4-5-7-21(20)16-19/h4-9,16,28H,3,10-15,17-18H2,1-2H3,(H2,24,25,26). The van der Waals surface area contributed by atoms with Gasteiger partial charge < -0.3 is 20.5 Å². The Hall–Kier alpha value is -2.15. The number of fused-ring (bicyclic) bond motifs is 1. The summed E-state index contributed by atoms with van der Waals surface area (Å²) in [5.41, 5.74) is 0.434. The number of hydrogen-bond donors (Lipinski definition) is 3. The fraction of sp³-hybridized carbons (Fsp3) is 0.522. The highest BCUT2D eigenvalue weighted by atomic mass is 16.5. The molecule has 1 aliphatic rings. The van der Waals surface area contributed by atoms with Crippen LogP contribution in [0.4, 0.5) is 0 Å². The molecule has 3 rings (SSSR count). The van der Waals surface area contributed by atoms with Crippen molar-refractivity contribution in [3.8, 4) is 0 Å². The van der Waals surface area contributed by atoms with Gasteiger partial charge in [-0.25, -0.2) is 0 Å². The molecule has 29 heavy (non-hydrogen) atoms. The van der Waals surface area contributed by atoms with Crippen LogP contribution in [0.2, 0.25) is 0 Å². The average molecular weight is 399 g/mol. The molecule has 0 bridgehead atoms. The van der Waals surface area contributed by atoms with Crippen molar-refractivity contribution in [2.75, 3.05) is 52.5 Å². The fourth-order valence-corrected chi connectivity index (χ4v) is 3.60. The second kappa shape index (κ2) is 10.6. The number of nitrogens with one attached hydrogen (secondary N) is 2. The molecule has 0 amide bonds. The summed E-state index contributed by atoms with van der Waals surface area (Å²) >= 11 is 0. The SMILES string of the molecule is CCNC(=NCC(C)(O)CN1CCOCC1)NCCc1ccc2ccccc2c1. The van der Waals surface area contributed by atoms with Crippen molar-refractivity contribution in [2.45, 2.75) is 25.9 Å². The summed E-state index contributed by atoms with van der Waals surface area (Å²) in [6.07, 6.45) is 0.916. The van der Waals surface area contributed by atoms with Crippen molar-refractivity contribution in [1.29, 1.82) is 0 Å². The first-order valence-electron chi connectivity index (χ1n) is 10.6. The van der Waals surface area contributed by atoms with E-state index >= 15 is 0 Å². The second-order valence-electron chi connectivity index (χ2n) is 7.94. The summed E-state index contributed by atoms with van der Waals surface area (Å²) in [7, 11) is 0. The van der Waals surface area contributed by atoms with Crippen LogP contribution in [0.5, 0.6) is 0 Å². The molecule has 1 atom stereocenters. The van der Waals surface area contributed by atoms with Gasteiger partial charge in [0, 0.05) is 32.7 Å². The van der Waals surface area contributed by atoms with Crippen LogP contribution < -0.4 is 10.6 Å². The van der Waals surface area contributed by atoms with Gasteiger partial charge in [0.15, 0.2) is 5.96 Å². The third-order valence-corrected chi connectivity index (χ3v) is 5.11. The van der Waals surface area contributed by atoms with Gasteiger partial charge in [-0.15, -0.1) is 0 Å². The number of β-amino-alcohol motifs (C(OH)–C–C–N with tert-alkyl or cyclic N) is 1. The number of hydrogen-bond acceptors (Lipinski definition) is 4. The van der Waals surface area contributed by atoms with Gasteiger partial charge >= 0.3 is 0 Å². The van der Waals surface area contributed by atoms with E-state index in [9.17, 15) is 5.11 Å². The van der Waals surface area contributed by atoms with Gasteiger partial charge in [-0.1, -0.05) is 42.5 Å². The number of morpholine rings is 1. The minimum absolute atomic E-state index is 0.357. The Kier molecular flexibility index (Phi) is 7.86. The van der Waals surface area contributed by atoms with Gasteiger partial charge in [0.2, 0.25) is 0 Å². The topological polar surface area (TPSA) is 69.1 Å². The van der Waals surface area contributed by atoms with Gasteiger partial charge in [0.1, 0.15) is 0 Å². The van der Waals surface area contributed by atoms with Gasteiger partial charge in [-0.05, 0) is 36.6 Å². The smallest absolute Gasteiger partial charge is 0.191 e. The van der Waals surface area contributed by atoms with E-state index in [1.165, 1.54) is 16.3 Å². The van der Waals surface area contributed by atoms with Crippen LogP contribution in [0.3, 0.4) is 0 Å². The summed E-state index contributed by atoms with van der Waals surface area (Å²) in [5.74, 6) is 0.746. The number of guanidine groups is 1. The number of benzene rings is 2. The molecule has 1 saturated heterocycles. The van der Waals surface area contributed by atoms with Crippen molar-refractivity contribution in [3.05, 3.63) is 48.0 Å². The summed E-state index contributed by atoms with van der Waals surface area (Å²) in [6.45, 7) is 9.64. The Bertz CT molecular complexity index is 800. The summed E-state index contributed by atoms with van der Waals surface area (Å²) in [6, 6.07) is 15.0. The van der Waals surface area contributed by atoms with Crippen LogP contribution in [0.25, 0.3) is 10.8 Å². The normalized spacial score (nSPS) is 17.8. The van der Waals surface area contributed by atoms with Gasteiger partial charge in [-0.2, -0.15) is 0 Å². The van der Waals surface area contributed by atoms with E-state index in [0.29, 0.717) is 13.1 Å². The van der Waals surface area contributed by atoms with Crippen LogP contribution in [0, 0.1) is 0 Å². The molecule has 6 nitrogen and oxygen atoms in total. The average Bonchev–Trinajstić information content (AvgIpc) is 2.72. The molecule has 0 aliphatic carbocycles. The van der Waals surface area contributed by atoms with Crippen molar-refractivity contribution in [2.24, 2.45) is 4.99 Å². The van der Waals surface area contributed by atoms with Crippen molar-refractivity contribution >= 4 is 16.7 Å². The monoisotopic (exact) mass is 398 g/mol. The Morgan fingerprint density at radius 3 is 2.66 bits per heavy atom. The van der Waals surface area contributed by atoms with Crippen molar-refractivity contribution in [3.63, 3.8) is 0 Å². The maximum atomic E-state index is 10.7. The first kappa shape index (κ1) is 21.6. The Morgan fingerprint density at radius 1 is 1.14 bits per heavy atom. The maximum absolute atomic E-state index is 10.7. The molecular weight excluding hydrogens is 364 g/mol. The molecule has 6 heteroatoms. The van der Waals surface area contributed by atoms with E-state index in [4.69, 9.17) is 4.74 Å². The van der Waals surface area contributed by atoms with E-state index < -0.39 is 5.60 Å². The number of ether oxygens (including phenoxy) is 1. The maximum Gasteiger partial charge on any atom is 0.191 e. The lowest BCUT2D eigenvalue weighted by Crippen LogP contribution is -2.48. The van der Waals surface area contributed by atoms with Crippen molar-refractivity contribution in [1.82, 2.24) is 15.5 Å². The lowest BCUT2D eigenvalue weighted by Gasteiger charge is -2.33. The molecule has 3 N–H and O–H groups in total. The summed E-state index contributed by atoms with van der Waals surface area (Å²) < 4.78 is 5.38. The van der Waals surface area contributed by atoms with Gasteiger partial charge in [0.05, 0.1) is 25.4 Å². The minimum Gasteiger partial charge on any atom is -0.387 e. The van der Waals surface area contributed by atoms with Crippen LogP contribution >= 0.6 is 0 Å². The van der Waals surface area contributed by atoms with Gasteiger partial charge in [0.25, 0.3) is 0 Å². The quantitative estimate of drug-likeness (QED) is 0.469. The zero-order chi connectivity index (χ0) is 20.5. The first-order valence-corrected chi connectivity index (χ1v) is 10.6. The van der Waals surface area contributed by atoms with Crippen LogP contribution in [0.15, 0.2) is 47.5 Å². The minimum atomic E-state index is -0.863. The fourth-order valence-electron chi connectivity index (χ4n) is 3.60. The van der Waals surface area contributed by atoms with Crippen LogP contribution in [-0.2, 0) is 11.2 Å². The third kappa shape index (κ3) is 6.99. The lowest BCUT2D eigenvalue weighted by molar-refractivity contribution is -0.0179. The zero-order valence-electron chi connectivity index (χ0n) is 17.7. The molecule has 1 heterocycles. The number of aliphatic imine (C=N–C) groups is 1. The van der Waals surface area contributed by atoms with E-state index in [0.717, 1.165) is 51.8 Å². The van der Waals surface area contributed by atoms with E-state index in [1.54, 1.807) is 0 Å². The van der Waals surface area contributed by atoms with Crippen LogP contribution in [-0.4, -0.2) is 74.0 Å². The highest BCUT2D eigenvalue weighted by molar-refractivity contribution is 5.83. The molecule has 0 spiro atoms. The number of aliphatic hydroxyl groups is 1. The highest BCUT2D eigenvalue weighted by Gasteiger charge is 2.25. The molecule has 2 aromatic rings. The van der Waals surface area contributed by atoms with Crippen molar-refractivity contribution < 1.29 is 9.84 Å². The molecule has 0 radical (unpaired) electrons. The highest BCUT2D eigenvalue weighted by Crippen LogP contribution is 2.15. The zero-order valence-corrected chi connectivity index (χ0v) is 17.7. The van der Waals surface area contributed by atoms with Gasteiger partial charge in [-0.3, -0.25) is 9.89 Å². The molecule has 1 unspecified atom stereocenters. The third-order valence-electron chi connectivity index (χ3n) is 5.11. The summed E-state index contributed by atoms with van der Waals surface area (Å²) in [5, 5.41) is 19.9. The molecular formula is C23H34N4O2. The molecule has 158 valence electrons. The Labute approximate surface area is 174 Å². The van der Waals surface area contributed by atoms with E-state index in [1.807, 2.05) is 13.8 Å². The Balaban J connectivity index is 1.51. The van der Waals surface area contributed by atoms with Crippen LogP contribution in [0.1, 0.15) is 19.4 Å².